The van der Waals surface area contributed by atoms with Gasteiger partial charge < -0.3 is 9.47 Å². The molecule has 0 spiro atoms. The van der Waals surface area contributed by atoms with E-state index in [9.17, 15) is 35.2 Å². The van der Waals surface area contributed by atoms with Gasteiger partial charge in [-0.15, -0.1) is 0 Å². The summed E-state index contributed by atoms with van der Waals surface area (Å²) in [4.78, 5) is 25.5. The average molecular weight is 1070 g/mol. The predicted molar refractivity (Wildman–Crippen MR) is 206 cm³/mol. The molecular weight excluding hydrogens is 1040 g/mol. The molecule has 5 rings (SSSR count). The maximum Gasteiger partial charge on any atom is 0.393 e. The first-order chi connectivity index (χ1) is 23.3. The highest BCUT2D eigenvalue weighted by Gasteiger charge is 2.53. The largest absolute Gasteiger partial charge is 0.465 e. The summed E-state index contributed by atoms with van der Waals surface area (Å²) in [6, 6.07) is 9.31. The Morgan fingerprint density at radius 1 is 1.00 bits per heavy atom. The van der Waals surface area contributed by atoms with Crippen molar-refractivity contribution in [3.8, 4) is 5.75 Å². The number of hydrogen-bond donors (Lipinski definition) is 1. The Labute approximate surface area is 328 Å². The van der Waals surface area contributed by atoms with Crippen LogP contribution in [0.4, 0.5) is 8.78 Å². The third-order valence-corrected chi connectivity index (χ3v) is 13.6. The van der Waals surface area contributed by atoms with Gasteiger partial charge in [-0.05, 0) is 163 Å². The molecule has 2 fully saturated rings. The van der Waals surface area contributed by atoms with Gasteiger partial charge in [0.05, 0.1) is 30.6 Å². The number of rotatable bonds is 12. The van der Waals surface area contributed by atoms with Crippen LogP contribution in [-0.4, -0.2) is 52.3 Å². The summed E-state index contributed by atoms with van der Waals surface area (Å²) in [6.07, 6.45) is 3.82. The van der Waals surface area contributed by atoms with E-state index in [1.54, 1.807) is 24.3 Å². The molecule has 0 saturated heterocycles. The average Bonchev–Trinajstić information content (AvgIpc) is 3.66. The van der Waals surface area contributed by atoms with Gasteiger partial charge in [-0.3, -0.25) is 13.5 Å². The number of benzene rings is 3. The minimum Gasteiger partial charge on any atom is -0.465 e. The van der Waals surface area contributed by atoms with Crippen LogP contribution in [0.2, 0.25) is 0 Å². The fourth-order valence-corrected chi connectivity index (χ4v) is 11.0. The van der Waals surface area contributed by atoms with Gasteiger partial charge in [-0.1, -0.05) is 30.9 Å². The highest BCUT2D eigenvalue weighted by Crippen LogP contribution is 2.56. The first kappa shape index (κ1) is 39.4. The smallest absolute Gasteiger partial charge is 0.393 e. The molecule has 4 atom stereocenters. The number of halogens is 5. The molecule has 0 aromatic heterocycles. The van der Waals surface area contributed by atoms with Gasteiger partial charge in [0.2, 0.25) is 0 Å². The lowest BCUT2D eigenvalue weighted by molar-refractivity contribution is -0.142. The van der Waals surface area contributed by atoms with Crippen molar-refractivity contribution in [2.24, 2.45) is 23.7 Å². The third kappa shape index (κ3) is 7.78. The summed E-state index contributed by atoms with van der Waals surface area (Å²) in [6.45, 7) is 6.03. The molecule has 0 amide bonds. The molecule has 3 aromatic carbocycles. The molecule has 268 valence electrons. The standard InChI is InChI=1S/C33H29F2I3O10S2/c1-4-17-11-21(36)14-23-22(17)7-8-27(49(41,42)47-15-33(34,35)50(43,44)45)24(23)9-16(2)28-18-5-6-19(10-18)29(28)32(40)48-30-25(37)12-20(13-26(30)38)31(39)46-3/h4,7-8,11-14,18-19,28-29H,1-2,5-6,9-10,15H2,3H3,(H,43,44,45). The molecule has 0 radical (unpaired) electrons. The second kappa shape index (κ2) is 14.9. The number of ether oxygens (including phenoxy) is 2. The van der Waals surface area contributed by atoms with Crippen molar-refractivity contribution in [1.29, 1.82) is 0 Å². The molecule has 2 aliphatic rings. The van der Waals surface area contributed by atoms with Gasteiger partial charge in [-0.2, -0.15) is 25.6 Å². The third-order valence-electron chi connectivity index (χ3n) is 9.14. The molecule has 0 heterocycles. The lowest BCUT2D eigenvalue weighted by atomic mass is 9.74. The van der Waals surface area contributed by atoms with E-state index in [0.717, 1.165) is 19.3 Å². The van der Waals surface area contributed by atoms with Gasteiger partial charge in [0.25, 0.3) is 10.1 Å². The number of esters is 2. The van der Waals surface area contributed by atoms with Crippen molar-refractivity contribution < 1.29 is 53.4 Å². The summed E-state index contributed by atoms with van der Waals surface area (Å²) >= 11 is 6.01. The van der Waals surface area contributed by atoms with Gasteiger partial charge in [0.15, 0.2) is 5.75 Å². The lowest BCUT2D eigenvalue weighted by Gasteiger charge is -2.32. The molecule has 4 unspecified atom stereocenters. The van der Waals surface area contributed by atoms with E-state index in [1.165, 1.54) is 19.2 Å². The van der Waals surface area contributed by atoms with Crippen LogP contribution in [0, 0.1) is 34.4 Å². The fraction of sp³-hybridized carbons (Fsp3) is 0.333. The van der Waals surface area contributed by atoms with Gasteiger partial charge in [0.1, 0.15) is 6.61 Å². The predicted octanol–water partition coefficient (Wildman–Crippen LogP) is 7.64. The van der Waals surface area contributed by atoms with E-state index in [-0.39, 0.29) is 23.8 Å². The van der Waals surface area contributed by atoms with Gasteiger partial charge in [-0.25, -0.2) is 4.79 Å². The second-order valence-corrected chi connectivity index (χ2v) is 18.8. The Hall–Kier alpha value is -1.79. The molecule has 0 aliphatic heterocycles. The molecule has 10 nitrogen and oxygen atoms in total. The Kier molecular flexibility index (Phi) is 11.8. The van der Waals surface area contributed by atoms with E-state index in [1.807, 2.05) is 51.2 Å². The first-order valence-electron chi connectivity index (χ1n) is 14.9. The monoisotopic (exact) mass is 1070 g/mol. The number of allylic oxidation sites excluding steroid dienone is 1. The summed E-state index contributed by atoms with van der Waals surface area (Å²) in [7, 11) is -9.73. The van der Waals surface area contributed by atoms with Crippen molar-refractivity contribution in [3.63, 3.8) is 0 Å². The zero-order valence-corrected chi connectivity index (χ0v) is 34.2. The molecule has 2 bridgehead atoms. The zero-order valence-electron chi connectivity index (χ0n) is 26.1. The van der Waals surface area contributed by atoms with E-state index < -0.39 is 60.8 Å². The maximum absolute atomic E-state index is 14.1. The molecule has 1 N–H and O–H groups in total. The second-order valence-electron chi connectivity index (χ2n) is 12.1. The molecule has 2 saturated carbocycles. The fourth-order valence-electron chi connectivity index (χ4n) is 6.96. The number of carbonyl (C=O) groups is 2. The highest BCUT2D eigenvalue weighted by molar-refractivity contribution is 14.1. The van der Waals surface area contributed by atoms with Crippen LogP contribution in [0.15, 0.2) is 60.0 Å². The van der Waals surface area contributed by atoms with Crippen molar-refractivity contribution in [1.82, 2.24) is 0 Å². The van der Waals surface area contributed by atoms with Crippen molar-refractivity contribution in [2.75, 3.05) is 13.7 Å². The van der Waals surface area contributed by atoms with Crippen LogP contribution in [-0.2, 0) is 40.4 Å². The molecule has 50 heavy (non-hydrogen) atoms. The Balaban J connectivity index is 1.53. The highest BCUT2D eigenvalue weighted by atomic mass is 127. The van der Waals surface area contributed by atoms with Crippen LogP contribution < -0.4 is 4.74 Å². The lowest BCUT2D eigenvalue weighted by Crippen LogP contribution is -2.35. The minimum atomic E-state index is -5.97. The van der Waals surface area contributed by atoms with E-state index in [4.69, 9.17) is 14.0 Å². The van der Waals surface area contributed by atoms with Crippen LogP contribution in [0.25, 0.3) is 16.8 Å². The summed E-state index contributed by atoms with van der Waals surface area (Å²) in [5, 5.41) is -3.84. The zero-order chi connectivity index (χ0) is 36.9. The van der Waals surface area contributed by atoms with Crippen molar-refractivity contribution in [2.45, 2.75) is 35.8 Å². The number of hydrogen-bond acceptors (Lipinski definition) is 9. The first-order valence-corrected chi connectivity index (χ1v) is 21.0. The molecular formula is C33H29F2I3O10S2. The molecule has 17 heteroatoms. The number of methoxy groups -OCH3 is 1. The van der Waals surface area contributed by atoms with E-state index in [0.29, 0.717) is 43.9 Å². The van der Waals surface area contributed by atoms with Crippen LogP contribution >= 0.6 is 67.8 Å². The van der Waals surface area contributed by atoms with Crippen LogP contribution in [0.3, 0.4) is 0 Å². The summed E-state index contributed by atoms with van der Waals surface area (Å²) in [5.41, 5.74) is 1.65. The quantitative estimate of drug-likeness (QED) is 0.0479. The molecule has 3 aromatic rings. The summed E-state index contributed by atoms with van der Waals surface area (Å²) < 4.78 is 103. The number of carbonyl (C=O) groups excluding carboxylic acids is 2. The van der Waals surface area contributed by atoms with Crippen LogP contribution in [0.5, 0.6) is 5.75 Å². The van der Waals surface area contributed by atoms with Crippen molar-refractivity contribution >= 4 is 117 Å². The Morgan fingerprint density at radius 2 is 1.62 bits per heavy atom. The number of alkyl halides is 2. The van der Waals surface area contributed by atoms with Gasteiger partial charge >= 0.3 is 27.3 Å². The normalized spacial score (nSPS) is 20.5. The SMILES string of the molecule is C=Cc1cc(I)cc2c(CC(=C)C3C4CCC(C4)C3C(=O)Oc3c(I)cc(C(=O)OC)cc3I)c(S(=O)(=O)OCC(F)(F)S(=O)(=O)O)ccc12. The van der Waals surface area contributed by atoms with Crippen LogP contribution in [0.1, 0.15) is 40.7 Å². The maximum atomic E-state index is 14.1. The van der Waals surface area contributed by atoms with Crippen molar-refractivity contribution in [3.05, 3.63) is 82.5 Å². The summed E-state index contributed by atoms with van der Waals surface area (Å²) in [5.74, 6) is -1.73. The molecule has 2 aliphatic carbocycles. The Morgan fingerprint density at radius 3 is 2.20 bits per heavy atom. The topological polar surface area (TPSA) is 150 Å². The van der Waals surface area contributed by atoms with E-state index >= 15 is 0 Å². The minimum absolute atomic E-state index is 0.0195. The Bertz CT molecular complexity index is 2130. The van der Waals surface area contributed by atoms with Gasteiger partial charge in [0, 0.05) is 3.57 Å². The van der Waals surface area contributed by atoms with E-state index in [2.05, 4.69) is 39.9 Å². The number of fused-ring (bicyclic) bond motifs is 3.